The van der Waals surface area contributed by atoms with Crippen molar-refractivity contribution in [1.82, 2.24) is 4.72 Å². The number of rotatable bonds is 6. The van der Waals surface area contributed by atoms with Crippen LogP contribution >= 0.6 is 0 Å². The van der Waals surface area contributed by atoms with Gasteiger partial charge in [-0.1, -0.05) is 74.0 Å². The van der Waals surface area contributed by atoms with Crippen LogP contribution in [-0.4, -0.2) is 14.5 Å². The average molecular weight is 329 g/mol. The fourth-order valence-corrected chi connectivity index (χ4v) is 3.48. The van der Waals surface area contributed by atoms with Crippen molar-refractivity contribution in [2.24, 2.45) is 5.92 Å². The minimum Gasteiger partial charge on any atom is -0.207 e. The Morgan fingerprint density at radius 3 is 2.13 bits per heavy atom. The Morgan fingerprint density at radius 2 is 1.57 bits per heavy atom. The summed E-state index contributed by atoms with van der Waals surface area (Å²) in [5.41, 5.74) is 2.08. The zero-order chi connectivity index (χ0) is 16.9. The number of benzene rings is 2. The average Bonchev–Trinajstić information content (AvgIpc) is 2.52. The first-order valence-electron chi connectivity index (χ1n) is 7.71. The van der Waals surface area contributed by atoms with Crippen LogP contribution in [0.1, 0.15) is 25.0 Å². The second-order valence-electron chi connectivity index (χ2n) is 5.97. The van der Waals surface area contributed by atoms with E-state index in [-0.39, 0.29) is 12.0 Å². The van der Waals surface area contributed by atoms with E-state index in [9.17, 15) is 8.42 Å². The third-order valence-electron chi connectivity index (χ3n) is 3.64. The van der Waals surface area contributed by atoms with Gasteiger partial charge in [-0.2, -0.15) is 0 Å². The molecular formula is C19H23NO2S. The monoisotopic (exact) mass is 329 g/mol. The first-order valence-corrected chi connectivity index (χ1v) is 9.19. The summed E-state index contributed by atoms with van der Waals surface area (Å²) in [4.78, 5) is 0.293. The van der Waals surface area contributed by atoms with E-state index in [1.165, 1.54) is 0 Å². The van der Waals surface area contributed by atoms with Crippen LogP contribution in [0.15, 0.2) is 65.6 Å². The lowest BCUT2D eigenvalue weighted by Gasteiger charge is -2.19. The summed E-state index contributed by atoms with van der Waals surface area (Å²) < 4.78 is 27.8. The van der Waals surface area contributed by atoms with Gasteiger partial charge >= 0.3 is 0 Å². The molecule has 0 aliphatic heterocycles. The quantitative estimate of drug-likeness (QED) is 0.870. The second kappa shape index (κ2) is 7.57. The molecule has 122 valence electrons. The van der Waals surface area contributed by atoms with Gasteiger partial charge in [-0.05, 0) is 30.5 Å². The van der Waals surface area contributed by atoms with Crippen LogP contribution in [0.2, 0.25) is 0 Å². The molecule has 0 aliphatic carbocycles. The van der Waals surface area contributed by atoms with Crippen molar-refractivity contribution in [3.63, 3.8) is 0 Å². The van der Waals surface area contributed by atoms with Gasteiger partial charge in [0.25, 0.3) is 0 Å². The standard InChI is InChI=1S/C19H23NO2S/c1-15(2)19(14-11-17-7-5-4-6-8-17)20-23(21,22)18-12-9-16(3)10-13-18/h4-15,19-20H,1-3H3/b14-11+/t19-/m0/s1. The molecule has 0 fully saturated rings. The first-order chi connectivity index (χ1) is 10.9. The number of hydrogen-bond acceptors (Lipinski definition) is 2. The Morgan fingerprint density at radius 1 is 0.957 bits per heavy atom. The van der Waals surface area contributed by atoms with Crippen molar-refractivity contribution in [2.45, 2.75) is 31.7 Å². The van der Waals surface area contributed by atoms with E-state index < -0.39 is 10.0 Å². The Hall–Kier alpha value is -1.91. The van der Waals surface area contributed by atoms with Crippen LogP contribution in [0.3, 0.4) is 0 Å². The van der Waals surface area contributed by atoms with Crippen LogP contribution in [0.5, 0.6) is 0 Å². The highest BCUT2D eigenvalue weighted by molar-refractivity contribution is 7.89. The van der Waals surface area contributed by atoms with Gasteiger partial charge in [0, 0.05) is 6.04 Å². The molecule has 0 saturated heterocycles. The molecule has 0 heterocycles. The van der Waals surface area contributed by atoms with Gasteiger partial charge in [-0.3, -0.25) is 0 Å². The zero-order valence-corrected chi connectivity index (χ0v) is 14.5. The number of nitrogens with one attached hydrogen (secondary N) is 1. The van der Waals surface area contributed by atoms with Crippen LogP contribution < -0.4 is 4.72 Å². The molecule has 0 radical (unpaired) electrons. The summed E-state index contributed by atoms with van der Waals surface area (Å²) in [7, 11) is -3.53. The fourth-order valence-electron chi connectivity index (χ4n) is 2.14. The lowest BCUT2D eigenvalue weighted by atomic mass is 10.0. The lowest BCUT2D eigenvalue weighted by Crippen LogP contribution is -2.37. The van der Waals surface area contributed by atoms with E-state index in [0.717, 1.165) is 11.1 Å². The summed E-state index contributed by atoms with van der Waals surface area (Å²) in [6, 6.07) is 16.5. The van der Waals surface area contributed by atoms with Crippen LogP contribution in [-0.2, 0) is 10.0 Å². The van der Waals surface area contributed by atoms with Crippen LogP contribution in [0.4, 0.5) is 0 Å². The second-order valence-corrected chi connectivity index (χ2v) is 7.69. The molecule has 0 amide bonds. The largest absolute Gasteiger partial charge is 0.241 e. The van der Waals surface area contributed by atoms with Crippen molar-refractivity contribution in [1.29, 1.82) is 0 Å². The maximum atomic E-state index is 12.5. The number of aryl methyl sites for hydroxylation is 1. The van der Waals surface area contributed by atoms with E-state index in [0.29, 0.717) is 4.90 Å². The molecule has 0 aliphatic rings. The maximum Gasteiger partial charge on any atom is 0.241 e. The van der Waals surface area contributed by atoms with Crippen LogP contribution in [0, 0.1) is 12.8 Å². The van der Waals surface area contributed by atoms with Gasteiger partial charge in [-0.15, -0.1) is 0 Å². The summed E-state index contributed by atoms with van der Waals surface area (Å²) in [6.07, 6.45) is 3.86. The SMILES string of the molecule is Cc1ccc(S(=O)(=O)N[C@@H](/C=C/c2ccccc2)C(C)C)cc1. The van der Waals surface area contributed by atoms with E-state index in [1.54, 1.807) is 24.3 Å². The first kappa shape index (κ1) is 17.4. The Balaban J connectivity index is 2.19. The van der Waals surface area contributed by atoms with Gasteiger partial charge in [0.05, 0.1) is 4.90 Å². The third-order valence-corrected chi connectivity index (χ3v) is 5.11. The molecule has 0 unspecified atom stereocenters. The van der Waals surface area contributed by atoms with Gasteiger partial charge < -0.3 is 0 Å². The van der Waals surface area contributed by atoms with Crippen molar-refractivity contribution in [2.75, 3.05) is 0 Å². The van der Waals surface area contributed by atoms with Gasteiger partial charge in [0.15, 0.2) is 0 Å². The van der Waals surface area contributed by atoms with E-state index in [1.807, 2.05) is 63.3 Å². The molecule has 2 rings (SSSR count). The van der Waals surface area contributed by atoms with Gasteiger partial charge in [-0.25, -0.2) is 13.1 Å². The molecule has 1 atom stereocenters. The third kappa shape index (κ3) is 5.05. The number of sulfonamides is 1. The highest BCUT2D eigenvalue weighted by atomic mass is 32.2. The summed E-state index contributed by atoms with van der Waals surface area (Å²) in [6.45, 7) is 5.93. The molecule has 2 aromatic carbocycles. The Kier molecular flexibility index (Phi) is 5.74. The molecule has 1 N–H and O–H groups in total. The smallest absolute Gasteiger partial charge is 0.207 e. The molecule has 0 saturated carbocycles. The molecule has 0 spiro atoms. The van der Waals surface area contributed by atoms with E-state index in [4.69, 9.17) is 0 Å². The summed E-state index contributed by atoms with van der Waals surface area (Å²) in [5, 5.41) is 0. The maximum absolute atomic E-state index is 12.5. The zero-order valence-electron chi connectivity index (χ0n) is 13.7. The lowest BCUT2D eigenvalue weighted by molar-refractivity contribution is 0.510. The summed E-state index contributed by atoms with van der Waals surface area (Å²) >= 11 is 0. The molecule has 3 nitrogen and oxygen atoms in total. The number of hydrogen-bond donors (Lipinski definition) is 1. The van der Waals surface area contributed by atoms with Crippen molar-refractivity contribution < 1.29 is 8.42 Å². The topological polar surface area (TPSA) is 46.2 Å². The predicted octanol–water partition coefficient (Wildman–Crippen LogP) is 4.01. The Bertz CT molecular complexity index is 748. The van der Waals surface area contributed by atoms with Crippen molar-refractivity contribution in [3.05, 3.63) is 71.8 Å². The van der Waals surface area contributed by atoms with E-state index >= 15 is 0 Å². The molecule has 0 aromatic heterocycles. The minimum absolute atomic E-state index is 0.148. The van der Waals surface area contributed by atoms with Gasteiger partial charge in [0.2, 0.25) is 10.0 Å². The molecule has 0 bridgehead atoms. The fraction of sp³-hybridized carbons (Fsp3) is 0.263. The van der Waals surface area contributed by atoms with Gasteiger partial charge in [0.1, 0.15) is 0 Å². The van der Waals surface area contributed by atoms with Crippen molar-refractivity contribution in [3.8, 4) is 0 Å². The molecule has 2 aromatic rings. The molecule has 4 heteroatoms. The Labute approximate surface area is 139 Å². The highest BCUT2D eigenvalue weighted by Crippen LogP contribution is 2.14. The highest BCUT2D eigenvalue weighted by Gasteiger charge is 2.20. The molecular weight excluding hydrogens is 306 g/mol. The van der Waals surface area contributed by atoms with Crippen LogP contribution in [0.25, 0.3) is 6.08 Å². The summed E-state index contributed by atoms with van der Waals surface area (Å²) in [5.74, 6) is 0.148. The van der Waals surface area contributed by atoms with Crippen molar-refractivity contribution >= 4 is 16.1 Å². The minimum atomic E-state index is -3.53. The predicted molar refractivity (Wildman–Crippen MR) is 95.6 cm³/mol. The normalized spacial score (nSPS) is 13.6. The molecule has 23 heavy (non-hydrogen) atoms. The van der Waals surface area contributed by atoms with E-state index in [2.05, 4.69) is 4.72 Å².